The monoisotopic (exact) mass is 308 g/mol. The number of rotatable bonds is 3. The molecular formula is C14H20N4O2S. The molecule has 114 valence electrons. The van der Waals surface area contributed by atoms with E-state index in [0.717, 1.165) is 5.56 Å². The number of likely N-dealkylation sites (tertiary alicyclic amines) is 1. The van der Waals surface area contributed by atoms with E-state index in [1.807, 2.05) is 25.3 Å². The van der Waals surface area contributed by atoms with Crippen molar-refractivity contribution >= 4 is 23.5 Å². The maximum atomic E-state index is 12.5. The van der Waals surface area contributed by atoms with Gasteiger partial charge in [0.2, 0.25) is 0 Å². The van der Waals surface area contributed by atoms with Crippen molar-refractivity contribution in [3.05, 3.63) is 29.6 Å². The summed E-state index contributed by atoms with van der Waals surface area (Å²) in [5.41, 5.74) is 7.19. The molecule has 1 saturated heterocycles. The Morgan fingerprint density at radius 2 is 2.19 bits per heavy atom. The molecule has 0 aliphatic carbocycles. The fraction of sp³-hybridized carbons (Fsp3) is 0.500. The fourth-order valence-corrected chi connectivity index (χ4v) is 3.43. The van der Waals surface area contributed by atoms with Crippen molar-refractivity contribution in [2.24, 2.45) is 10.9 Å². The summed E-state index contributed by atoms with van der Waals surface area (Å²) in [6.07, 6.45) is 4.91. The highest BCUT2D eigenvalue weighted by Crippen LogP contribution is 2.35. The second-order valence-electron chi connectivity index (χ2n) is 5.14. The van der Waals surface area contributed by atoms with Crippen LogP contribution in [0.1, 0.15) is 28.9 Å². The van der Waals surface area contributed by atoms with Crippen LogP contribution in [-0.2, 0) is 0 Å². The Labute approximate surface area is 128 Å². The average Bonchev–Trinajstić information content (AvgIpc) is 2.54. The van der Waals surface area contributed by atoms with Gasteiger partial charge in [0, 0.05) is 19.3 Å². The summed E-state index contributed by atoms with van der Waals surface area (Å²) >= 11 is 1.57. The number of carbonyl (C=O) groups excluding carboxylic acids is 1. The van der Waals surface area contributed by atoms with Crippen LogP contribution in [-0.4, -0.2) is 50.9 Å². The van der Waals surface area contributed by atoms with E-state index in [1.54, 1.807) is 22.9 Å². The fourth-order valence-electron chi connectivity index (χ4n) is 2.59. The molecule has 1 amide bonds. The number of thioether (sulfide) groups is 1. The van der Waals surface area contributed by atoms with E-state index in [9.17, 15) is 4.79 Å². The zero-order valence-electron chi connectivity index (χ0n) is 12.2. The van der Waals surface area contributed by atoms with Gasteiger partial charge in [0.1, 0.15) is 5.69 Å². The van der Waals surface area contributed by atoms with Crippen LogP contribution in [0.2, 0.25) is 0 Å². The molecule has 1 aromatic rings. The molecule has 2 heterocycles. The predicted octanol–water partition coefficient (Wildman–Crippen LogP) is 1.47. The Balaban J connectivity index is 2.11. The summed E-state index contributed by atoms with van der Waals surface area (Å²) in [6.45, 7) is 3.03. The first-order valence-corrected chi connectivity index (χ1v) is 8.00. The summed E-state index contributed by atoms with van der Waals surface area (Å²) in [5.74, 6) is 0.179. The molecule has 1 aliphatic heterocycles. The van der Waals surface area contributed by atoms with Crippen LogP contribution in [0, 0.1) is 6.92 Å². The van der Waals surface area contributed by atoms with Crippen molar-refractivity contribution in [3.8, 4) is 0 Å². The lowest BCUT2D eigenvalue weighted by Crippen LogP contribution is -2.51. The first kappa shape index (κ1) is 15.6. The molecular weight excluding hydrogens is 288 g/mol. The zero-order valence-corrected chi connectivity index (χ0v) is 13.1. The van der Waals surface area contributed by atoms with E-state index < -0.39 is 0 Å². The van der Waals surface area contributed by atoms with Crippen molar-refractivity contribution in [2.45, 2.75) is 24.5 Å². The molecule has 21 heavy (non-hydrogen) atoms. The Bertz CT molecular complexity index is 554. The number of piperidine rings is 1. The third-order valence-corrected chi connectivity index (χ3v) is 5.43. The molecule has 6 nitrogen and oxygen atoms in total. The molecule has 3 N–H and O–H groups in total. The molecule has 0 unspecified atom stereocenters. The maximum absolute atomic E-state index is 12.5. The van der Waals surface area contributed by atoms with Crippen LogP contribution in [0.15, 0.2) is 23.5 Å². The zero-order chi connectivity index (χ0) is 15.5. The predicted molar refractivity (Wildman–Crippen MR) is 83.8 cm³/mol. The Morgan fingerprint density at radius 1 is 1.52 bits per heavy atom. The smallest absolute Gasteiger partial charge is 0.272 e. The Hall–Kier alpha value is -1.76. The summed E-state index contributed by atoms with van der Waals surface area (Å²) in [7, 11) is 0. The van der Waals surface area contributed by atoms with Gasteiger partial charge < -0.3 is 15.8 Å². The molecule has 0 spiro atoms. The average molecular weight is 308 g/mol. The molecule has 0 bridgehead atoms. The van der Waals surface area contributed by atoms with Gasteiger partial charge in [-0.15, -0.1) is 0 Å². The highest BCUT2D eigenvalue weighted by Gasteiger charge is 2.39. The first-order valence-electron chi connectivity index (χ1n) is 6.78. The van der Waals surface area contributed by atoms with Gasteiger partial charge in [0.25, 0.3) is 5.91 Å². The quantitative estimate of drug-likeness (QED) is 0.382. The summed E-state index contributed by atoms with van der Waals surface area (Å²) in [5, 5.41) is 12.1. The van der Waals surface area contributed by atoms with Crippen molar-refractivity contribution < 1.29 is 10.0 Å². The van der Waals surface area contributed by atoms with Crippen LogP contribution >= 0.6 is 11.8 Å². The number of oxime groups is 1. The van der Waals surface area contributed by atoms with Crippen LogP contribution in [0.5, 0.6) is 0 Å². The number of hydrogen-bond donors (Lipinski definition) is 2. The van der Waals surface area contributed by atoms with Crippen molar-refractivity contribution in [1.82, 2.24) is 9.88 Å². The number of pyridine rings is 1. The summed E-state index contributed by atoms with van der Waals surface area (Å²) in [4.78, 5) is 18.5. The highest BCUT2D eigenvalue weighted by molar-refractivity contribution is 8.00. The maximum Gasteiger partial charge on any atom is 0.272 e. The Kier molecular flexibility index (Phi) is 4.72. The van der Waals surface area contributed by atoms with Gasteiger partial charge >= 0.3 is 0 Å². The largest absolute Gasteiger partial charge is 0.409 e. The number of amides is 1. The molecule has 1 fully saturated rings. The Morgan fingerprint density at radius 3 is 2.71 bits per heavy atom. The number of nitrogens with two attached hydrogens (primary N) is 1. The van der Waals surface area contributed by atoms with Gasteiger partial charge in [-0.2, -0.15) is 11.8 Å². The normalized spacial score (nSPS) is 18.6. The third-order valence-electron chi connectivity index (χ3n) is 4.04. The van der Waals surface area contributed by atoms with Crippen LogP contribution < -0.4 is 5.73 Å². The molecule has 0 saturated carbocycles. The van der Waals surface area contributed by atoms with Gasteiger partial charge in [-0.1, -0.05) is 11.2 Å². The first-order chi connectivity index (χ1) is 10.0. The topological polar surface area (TPSA) is 91.8 Å². The third kappa shape index (κ3) is 2.97. The second-order valence-corrected chi connectivity index (χ2v) is 6.33. The van der Waals surface area contributed by atoms with Crippen molar-refractivity contribution in [3.63, 3.8) is 0 Å². The van der Waals surface area contributed by atoms with Crippen LogP contribution in [0.3, 0.4) is 0 Å². The van der Waals surface area contributed by atoms with E-state index >= 15 is 0 Å². The lowest BCUT2D eigenvalue weighted by atomic mass is 9.94. The number of amidine groups is 1. The van der Waals surface area contributed by atoms with E-state index in [2.05, 4.69) is 10.1 Å². The second kappa shape index (κ2) is 6.34. The van der Waals surface area contributed by atoms with Gasteiger partial charge in [-0.25, -0.2) is 0 Å². The summed E-state index contributed by atoms with van der Waals surface area (Å²) < 4.78 is -0.384. The van der Waals surface area contributed by atoms with Crippen LogP contribution in [0.25, 0.3) is 0 Å². The molecule has 0 aromatic carbocycles. The van der Waals surface area contributed by atoms with Crippen molar-refractivity contribution in [2.75, 3.05) is 19.3 Å². The van der Waals surface area contributed by atoms with Gasteiger partial charge in [-0.3, -0.25) is 9.78 Å². The minimum Gasteiger partial charge on any atom is -0.409 e. The van der Waals surface area contributed by atoms with E-state index in [4.69, 9.17) is 10.9 Å². The standard InChI is InChI=1S/C14H20N4O2S/c1-10-4-3-7-16-11(10)12(19)18-8-5-14(21-2,6-9-18)13(15)17-20/h3-4,7,20H,5-6,8-9H2,1-2H3,(H2,15,17). The number of nitrogens with zero attached hydrogens (tertiary/aromatic N) is 3. The number of aryl methyl sites for hydroxylation is 1. The van der Waals surface area contributed by atoms with Crippen molar-refractivity contribution in [1.29, 1.82) is 0 Å². The van der Waals surface area contributed by atoms with E-state index in [-0.39, 0.29) is 16.5 Å². The van der Waals surface area contributed by atoms with Gasteiger partial charge in [0.15, 0.2) is 5.84 Å². The molecule has 1 aliphatic rings. The molecule has 2 rings (SSSR count). The molecule has 1 aromatic heterocycles. The SMILES string of the molecule is CSC1(C(N)=NO)CCN(C(=O)c2ncccc2C)CC1. The number of aromatic nitrogens is 1. The number of carbonyl (C=O) groups is 1. The minimum absolute atomic E-state index is 0.0534. The lowest BCUT2D eigenvalue weighted by Gasteiger charge is -2.39. The minimum atomic E-state index is -0.384. The molecule has 7 heteroatoms. The molecule has 0 radical (unpaired) electrons. The number of hydrogen-bond acceptors (Lipinski definition) is 5. The molecule has 0 atom stereocenters. The van der Waals surface area contributed by atoms with Crippen LogP contribution in [0.4, 0.5) is 0 Å². The van der Waals surface area contributed by atoms with E-state index in [0.29, 0.717) is 31.6 Å². The highest BCUT2D eigenvalue weighted by atomic mass is 32.2. The lowest BCUT2D eigenvalue weighted by molar-refractivity contribution is 0.0711. The summed E-state index contributed by atoms with van der Waals surface area (Å²) in [6, 6.07) is 3.70. The van der Waals surface area contributed by atoms with E-state index in [1.165, 1.54) is 0 Å². The van der Waals surface area contributed by atoms with Gasteiger partial charge in [-0.05, 0) is 37.7 Å². The van der Waals surface area contributed by atoms with Gasteiger partial charge in [0.05, 0.1) is 4.75 Å².